The SMILES string of the molecule is [B]C([B])(n1cc([C@H](NS(=O)(=O)C2CC2)C(F)(F)F)c2ccc(-c3ccccc3C(F)(F)F)cc21)C(C)(C)C. The van der Waals surface area contributed by atoms with Crippen molar-refractivity contribution in [2.24, 2.45) is 5.41 Å². The number of rotatable bonds is 6. The molecule has 0 saturated heterocycles. The van der Waals surface area contributed by atoms with Gasteiger partial charge in [-0.2, -0.15) is 31.1 Å². The van der Waals surface area contributed by atoms with Gasteiger partial charge in [0.15, 0.2) is 0 Å². The average molecular weight is 552 g/mol. The monoisotopic (exact) mass is 552 g/mol. The standard InChI is InChI=1S/C25H24B2F6N2O2S/c1-22(2,3)25(26,27)35-13-18(21(24(31,32)33)34-38(36,37)15-9-10-15)17-11-8-14(12-20(17)35)16-6-4-5-7-19(16)23(28,29)30/h4-8,11-13,15,21,34H,9-10H2,1-3H3/t21-/m0/s1. The predicted octanol–water partition coefficient (Wildman–Crippen LogP) is 6.01. The van der Waals surface area contributed by atoms with Crippen molar-refractivity contribution in [2.75, 3.05) is 0 Å². The Hall–Kier alpha value is -2.40. The molecule has 0 bridgehead atoms. The fourth-order valence-corrected chi connectivity index (χ4v) is 5.78. The summed E-state index contributed by atoms with van der Waals surface area (Å²) in [6.45, 7) is 4.95. The zero-order valence-corrected chi connectivity index (χ0v) is 21.6. The van der Waals surface area contributed by atoms with Crippen molar-refractivity contribution in [3.63, 3.8) is 0 Å². The lowest BCUT2D eigenvalue weighted by Gasteiger charge is -2.42. The molecule has 38 heavy (non-hydrogen) atoms. The van der Waals surface area contributed by atoms with Crippen LogP contribution in [0.15, 0.2) is 48.7 Å². The average Bonchev–Trinajstić information content (AvgIpc) is 3.57. The number of fused-ring (bicyclic) bond motifs is 1. The van der Waals surface area contributed by atoms with E-state index < -0.39 is 55.5 Å². The summed E-state index contributed by atoms with van der Waals surface area (Å²) in [7, 11) is 8.56. The first-order valence-electron chi connectivity index (χ1n) is 11.7. The molecule has 4 rings (SSSR count). The van der Waals surface area contributed by atoms with Gasteiger partial charge in [0.05, 0.1) is 26.5 Å². The lowest BCUT2D eigenvalue weighted by Crippen LogP contribution is -2.46. The Morgan fingerprint density at radius 2 is 1.58 bits per heavy atom. The Balaban J connectivity index is 2.00. The van der Waals surface area contributed by atoms with E-state index in [-0.39, 0.29) is 34.9 Å². The lowest BCUT2D eigenvalue weighted by atomic mass is 9.49. The first-order valence-corrected chi connectivity index (χ1v) is 13.3. The number of alkyl halides is 6. The van der Waals surface area contributed by atoms with E-state index in [9.17, 15) is 34.8 Å². The second-order valence-corrected chi connectivity index (χ2v) is 12.6. The molecule has 0 amide bonds. The molecule has 1 atom stereocenters. The molecule has 1 heterocycles. The molecule has 4 nitrogen and oxygen atoms in total. The quantitative estimate of drug-likeness (QED) is 0.301. The highest BCUT2D eigenvalue weighted by Crippen LogP contribution is 2.44. The summed E-state index contributed by atoms with van der Waals surface area (Å²) >= 11 is 0. The van der Waals surface area contributed by atoms with Crippen molar-refractivity contribution in [3.05, 3.63) is 59.8 Å². The summed E-state index contributed by atoms with van der Waals surface area (Å²) < 4.78 is 112. The highest BCUT2D eigenvalue weighted by atomic mass is 32.2. The van der Waals surface area contributed by atoms with E-state index in [1.807, 2.05) is 0 Å². The maximum Gasteiger partial charge on any atom is 0.417 e. The molecule has 1 fully saturated rings. The molecule has 1 aromatic heterocycles. The van der Waals surface area contributed by atoms with Crippen LogP contribution >= 0.6 is 0 Å². The van der Waals surface area contributed by atoms with E-state index >= 15 is 0 Å². The second kappa shape index (κ2) is 9.08. The first-order chi connectivity index (χ1) is 17.2. The maximum absolute atomic E-state index is 14.3. The molecule has 200 valence electrons. The van der Waals surface area contributed by atoms with Crippen LogP contribution in [0.4, 0.5) is 26.3 Å². The molecule has 13 heteroatoms. The molecule has 2 aromatic carbocycles. The van der Waals surface area contributed by atoms with Crippen LogP contribution in [0.5, 0.6) is 0 Å². The Morgan fingerprint density at radius 3 is 2.11 bits per heavy atom. The van der Waals surface area contributed by atoms with Crippen molar-refractivity contribution < 1.29 is 34.8 Å². The largest absolute Gasteiger partial charge is 0.417 e. The number of nitrogens with one attached hydrogen (secondary N) is 1. The van der Waals surface area contributed by atoms with Gasteiger partial charge in [0.1, 0.15) is 6.04 Å². The Bertz CT molecular complexity index is 1470. The van der Waals surface area contributed by atoms with Crippen LogP contribution in [0.25, 0.3) is 22.0 Å². The molecule has 3 aromatic rings. The van der Waals surface area contributed by atoms with E-state index in [2.05, 4.69) is 0 Å². The van der Waals surface area contributed by atoms with Crippen LogP contribution < -0.4 is 4.72 Å². The predicted molar refractivity (Wildman–Crippen MR) is 135 cm³/mol. The molecule has 0 spiro atoms. The number of nitrogens with zero attached hydrogens (tertiary/aromatic N) is 1. The molecular weight excluding hydrogens is 528 g/mol. The van der Waals surface area contributed by atoms with E-state index in [1.165, 1.54) is 41.0 Å². The fraction of sp³-hybridized carbons (Fsp3) is 0.440. The van der Waals surface area contributed by atoms with Gasteiger partial charge in [-0.1, -0.05) is 51.1 Å². The third-order valence-corrected chi connectivity index (χ3v) is 8.78. The van der Waals surface area contributed by atoms with E-state index in [4.69, 9.17) is 15.7 Å². The molecule has 1 aliphatic rings. The fourth-order valence-electron chi connectivity index (χ4n) is 4.25. The second-order valence-electron chi connectivity index (χ2n) is 10.6. The lowest BCUT2D eigenvalue weighted by molar-refractivity contribution is -0.152. The van der Waals surface area contributed by atoms with Crippen molar-refractivity contribution in [2.45, 2.75) is 62.6 Å². The highest BCUT2D eigenvalue weighted by Gasteiger charge is 2.48. The Labute approximate surface area is 219 Å². The maximum atomic E-state index is 14.3. The summed E-state index contributed by atoms with van der Waals surface area (Å²) in [6.07, 6.45) is -8.18. The zero-order chi connectivity index (χ0) is 28.5. The number of halogens is 6. The Morgan fingerprint density at radius 1 is 0.974 bits per heavy atom. The van der Waals surface area contributed by atoms with Gasteiger partial charge in [-0.15, -0.1) is 0 Å². The molecular formula is C25H24B2F6N2O2S. The summed E-state index contributed by atoms with van der Waals surface area (Å²) in [5, 5.41) is -2.77. The van der Waals surface area contributed by atoms with Crippen LogP contribution in [0.3, 0.4) is 0 Å². The van der Waals surface area contributed by atoms with Gasteiger partial charge >= 0.3 is 12.4 Å². The number of benzene rings is 2. The molecule has 0 unspecified atom stereocenters. The topological polar surface area (TPSA) is 51.1 Å². The zero-order valence-electron chi connectivity index (χ0n) is 20.8. The Kier molecular flexibility index (Phi) is 6.83. The van der Waals surface area contributed by atoms with Crippen LogP contribution in [-0.2, 0) is 21.5 Å². The normalized spacial score (nSPS) is 16.7. The van der Waals surface area contributed by atoms with Crippen LogP contribution in [0.2, 0.25) is 0 Å². The van der Waals surface area contributed by atoms with Gasteiger partial charge in [-0.25, -0.2) is 8.42 Å². The minimum absolute atomic E-state index is 0.0225. The summed E-state index contributed by atoms with van der Waals surface area (Å²) in [4.78, 5) is 0. The minimum Gasteiger partial charge on any atom is -0.358 e. The highest BCUT2D eigenvalue weighted by molar-refractivity contribution is 7.90. The van der Waals surface area contributed by atoms with E-state index in [0.29, 0.717) is 0 Å². The number of hydrogen-bond donors (Lipinski definition) is 1. The van der Waals surface area contributed by atoms with Gasteiger partial charge in [0.25, 0.3) is 0 Å². The van der Waals surface area contributed by atoms with Crippen LogP contribution in [-0.4, -0.2) is 40.1 Å². The van der Waals surface area contributed by atoms with Crippen molar-refractivity contribution in [1.29, 1.82) is 0 Å². The van der Waals surface area contributed by atoms with E-state index in [0.717, 1.165) is 12.3 Å². The van der Waals surface area contributed by atoms with Crippen molar-refractivity contribution >= 4 is 36.6 Å². The van der Waals surface area contributed by atoms with Gasteiger partial charge in [-0.05, 0) is 46.9 Å². The molecule has 1 saturated carbocycles. The summed E-state index contributed by atoms with van der Waals surface area (Å²) in [6, 6.07) is 5.95. The van der Waals surface area contributed by atoms with Crippen LogP contribution in [0.1, 0.15) is 50.8 Å². The number of hydrogen-bond acceptors (Lipinski definition) is 2. The number of sulfonamides is 1. The smallest absolute Gasteiger partial charge is 0.358 e. The van der Waals surface area contributed by atoms with Crippen molar-refractivity contribution in [3.8, 4) is 11.1 Å². The summed E-state index contributed by atoms with van der Waals surface area (Å²) in [5.74, 6) is 0. The third kappa shape index (κ3) is 5.23. The van der Waals surface area contributed by atoms with E-state index in [1.54, 1.807) is 25.5 Å². The number of aromatic nitrogens is 1. The van der Waals surface area contributed by atoms with Crippen molar-refractivity contribution in [1.82, 2.24) is 9.29 Å². The summed E-state index contributed by atoms with van der Waals surface area (Å²) in [5.41, 5.74) is -2.41. The first kappa shape index (κ1) is 28.6. The van der Waals surface area contributed by atoms with Gasteiger partial charge < -0.3 is 4.57 Å². The minimum atomic E-state index is -5.03. The molecule has 1 aliphatic carbocycles. The third-order valence-electron chi connectivity index (χ3n) is 6.86. The van der Waals surface area contributed by atoms with Gasteiger partial charge in [0.2, 0.25) is 10.0 Å². The van der Waals surface area contributed by atoms with Crippen LogP contribution in [0, 0.1) is 5.41 Å². The molecule has 4 radical (unpaired) electrons. The van der Waals surface area contributed by atoms with Gasteiger partial charge in [-0.3, -0.25) is 0 Å². The molecule has 1 N–H and O–H groups in total. The molecule has 0 aliphatic heterocycles. The van der Waals surface area contributed by atoms with Gasteiger partial charge in [0, 0.05) is 22.7 Å².